The van der Waals surface area contributed by atoms with E-state index < -0.39 is 0 Å². The maximum Gasteiger partial charge on any atom is 0.0223 e. The molecule has 2 atom stereocenters. The quantitative estimate of drug-likeness (QED) is 0.417. The fraction of sp³-hybridized carbons (Fsp3) is 0.833. The monoisotopic (exact) mass is 202 g/mol. The molecule has 0 aliphatic carbocycles. The summed E-state index contributed by atoms with van der Waals surface area (Å²) in [6.45, 7) is 6.79. The van der Waals surface area contributed by atoms with Crippen LogP contribution in [0.25, 0.3) is 0 Å². The van der Waals surface area contributed by atoms with Gasteiger partial charge in [-0.1, -0.05) is 39.3 Å². The molecule has 0 heterocycles. The van der Waals surface area contributed by atoms with Crippen LogP contribution in [0.15, 0.2) is 12.2 Å². The molecule has 0 amide bonds. The van der Waals surface area contributed by atoms with E-state index in [1.165, 1.54) is 19.3 Å². The third kappa shape index (κ3) is 8.36. The van der Waals surface area contributed by atoms with E-state index in [-0.39, 0.29) is 0 Å². The SMILES string of the molecule is CCCC(C)/C=C\C(C)CCCCl. The van der Waals surface area contributed by atoms with Gasteiger partial charge >= 0.3 is 0 Å². The fourth-order valence-electron chi connectivity index (χ4n) is 1.43. The van der Waals surface area contributed by atoms with Crippen molar-refractivity contribution in [2.24, 2.45) is 11.8 Å². The summed E-state index contributed by atoms with van der Waals surface area (Å²) in [5, 5.41) is 0. The van der Waals surface area contributed by atoms with Gasteiger partial charge < -0.3 is 0 Å². The lowest BCUT2D eigenvalue weighted by molar-refractivity contribution is 0.604. The Morgan fingerprint density at radius 3 is 2.08 bits per heavy atom. The minimum Gasteiger partial charge on any atom is -0.127 e. The van der Waals surface area contributed by atoms with Gasteiger partial charge in [0.05, 0.1) is 0 Å². The standard InChI is InChI=1S/C12H23Cl/c1-4-6-11(2)8-9-12(3)7-5-10-13/h8-9,11-12H,4-7,10H2,1-3H3/b9-8-. The van der Waals surface area contributed by atoms with Gasteiger partial charge in [-0.25, -0.2) is 0 Å². The smallest absolute Gasteiger partial charge is 0.0223 e. The molecule has 0 fully saturated rings. The van der Waals surface area contributed by atoms with Gasteiger partial charge in [-0.15, -0.1) is 11.6 Å². The van der Waals surface area contributed by atoms with Gasteiger partial charge in [-0.05, 0) is 31.1 Å². The normalized spacial score (nSPS) is 16.3. The molecule has 0 N–H and O–H groups in total. The van der Waals surface area contributed by atoms with E-state index in [9.17, 15) is 0 Å². The Balaban J connectivity index is 3.56. The first kappa shape index (κ1) is 13.0. The zero-order valence-electron chi connectivity index (χ0n) is 9.22. The topological polar surface area (TPSA) is 0 Å². The molecular weight excluding hydrogens is 180 g/mol. The van der Waals surface area contributed by atoms with Crippen LogP contribution < -0.4 is 0 Å². The van der Waals surface area contributed by atoms with E-state index in [4.69, 9.17) is 11.6 Å². The van der Waals surface area contributed by atoms with Crippen LogP contribution in [0.4, 0.5) is 0 Å². The molecule has 0 rings (SSSR count). The molecule has 0 spiro atoms. The zero-order valence-corrected chi connectivity index (χ0v) is 9.98. The Bertz CT molecular complexity index is 129. The number of rotatable bonds is 7. The van der Waals surface area contributed by atoms with Crippen molar-refractivity contribution < 1.29 is 0 Å². The lowest BCUT2D eigenvalue weighted by Gasteiger charge is -2.06. The molecule has 1 heteroatoms. The van der Waals surface area contributed by atoms with Crippen LogP contribution in [0.1, 0.15) is 46.5 Å². The summed E-state index contributed by atoms with van der Waals surface area (Å²) < 4.78 is 0. The van der Waals surface area contributed by atoms with Crippen molar-refractivity contribution in [3.63, 3.8) is 0 Å². The zero-order chi connectivity index (χ0) is 10.1. The molecular formula is C12H23Cl. The van der Waals surface area contributed by atoms with E-state index >= 15 is 0 Å². The highest BCUT2D eigenvalue weighted by atomic mass is 35.5. The van der Waals surface area contributed by atoms with E-state index in [1.807, 2.05) is 0 Å². The number of halogens is 1. The Kier molecular flexibility index (Phi) is 8.64. The van der Waals surface area contributed by atoms with Crippen LogP contribution in [0.5, 0.6) is 0 Å². The lowest BCUT2D eigenvalue weighted by atomic mass is 10.0. The van der Waals surface area contributed by atoms with E-state index in [0.29, 0.717) is 5.92 Å². The van der Waals surface area contributed by atoms with Crippen LogP contribution in [0, 0.1) is 11.8 Å². The van der Waals surface area contributed by atoms with Crippen molar-refractivity contribution in [3.05, 3.63) is 12.2 Å². The van der Waals surface area contributed by atoms with Crippen LogP contribution in [0.2, 0.25) is 0 Å². The van der Waals surface area contributed by atoms with Gasteiger partial charge in [-0.3, -0.25) is 0 Å². The predicted molar refractivity (Wildman–Crippen MR) is 62.3 cm³/mol. The molecule has 13 heavy (non-hydrogen) atoms. The second kappa shape index (κ2) is 8.62. The molecule has 0 nitrogen and oxygen atoms in total. The molecule has 2 unspecified atom stereocenters. The first-order valence-corrected chi connectivity index (χ1v) is 5.98. The Morgan fingerprint density at radius 2 is 1.62 bits per heavy atom. The number of hydrogen-bond donors (Lipinski definition) is 0. The van der Waals surface area contributed by atoms with Gasteiger partial charge in [0.1, 0.15) is 0 Å². The minimum atomic E-state index is 0.693. The maximum atomic E-state index is 5.63. The van der Waals surface area contributed by atoms with Crippen LogP contribution in [0.3, 0.4) is 0 Å². The van der Waals surface area contributed by atoms with Gasteiger partial charge in [0.2, 0.25) is 0 Å². The summed E-state index contributed by atoms with van der Waals surface area (Å²) >= 11 is 5.63. The average Bonchev–Trinajstić information content (AvgIpc) is 2.12. The molecule has 0 saturated carbocycles. The molecule has 0 aromatic carbocycles. The van der Waals surface area contributed by atoms with Crippen LogP contribution >= 0.6 is 11.6 Å². The summed E-state index contributed by atoms with van der Waals surface area (Å²) in [7, 11) is 0. The summed E-state index contributed by atoms with van der Waals surface area (Å²) in [4.78, 5) is 0. The van der Waals surface area contributed by atoms with Crippen molar-refractivity contribution in [2.75, 3.05) is 5.88 Å². The molecule has 0 aliphatic rings. The number of allylic oxidation sites excluding steroid dienone is 2. The van der Waals surface area contributed by atoms with Gasteiger partial charge in [0, 0.05) is 5.88 Å². The van der Waals surface area contributed by atoms with E-state index in [1.54, 1.807) is 0 Å². The molecule has 0 saturated heterocycles. The van der Waals surface area contributed by atoms with Crippen molar-refractivity contribution in [1.29, 1.82) is 0 Å². The van der Waals surface area contributed by atoms with Gasteiger partial charge in [0.15, 0.2) is 0 Å². The molecule has 0 aromatic heterocycles. The van der Waals surface area contributed by atoms with E-state index in [0.717, 1.165) is 18.2 Å². The molecule has 0 bridgehead atoms. The number of hydrogen-bond acceptors (Lipinski definition) is 0. The van der Waals surface area contributed by atoms with Crippen molar-refractivity contribution in [3.8, 4) is 0 Å². The molecule has 78 valence electrons. The third-order valence-corrected chi connectivity index (χ3v) is 2.57. The van der Waals surface area contributed by atoms with Gasteiger partial charge in [-0.2, -0.15) is 0 Å². The second-order valence-corrected chi connectivity index (χ2v) is 4.34. The highest BCUT2D eigenvalue weighted by molar-refractivity contribution is 6.17. The highest BCUT2D eigenvalue weighted by Crippen LogP contribution is 2.12. The fourth-order valence-corrected chi connectivity index (χ4v) is 1.58. The second-order valence-electron chi connectivity index (χ2n) is 3.96. The van der Waals surface area contributed by atoms with Gasteiger partial charge in [0.25, 0.3) is 0 Å². The van der Waals surface area contributed by atoms with Crippen molar-refractivity contribution in [2.45, 2.75) is 46.5 Å². The van der Waals surface area contributed by atoms with Crippen molar-refractivity contribution in [1.82, 2.24) is 0 Å². The molecule has 0 aliphatic heterocycles. The van der Waals surface area contributed by atoms with Crippen LogP contribution in [-0.4, -0.2) is 5.88 Å². The first-order chi connectivity index (χ1) is 6.20. The Morgan fingerprint density at radius 1 is 1.08 bits per heavy atom. The summed E-state index contributed by atoms with van der Waals surface area (Å²) in [5.41, 5.74) is 0. The van der Waals surface area contributed by atoms with Crippen molar-refractivity contribution >= 4 is 11.6 Å². The highest BCUT2D eigenvalue weighted by Gasteiger charge is 1.98. The Hall–Kier alpha value is 0.0300. The Labute approximate surface area is 88.4 Å². The average molecular weight is 203 g/mol. The number of alkyl halides is 1. The predicted octanol–water partition coefficient (Wildman–Crippen LogP) is 4.63. The van der Waals surface area contributed by atoms with E-state index in [2.05, 4.69) is 32.9 Å². The summed E-state index contributed by atoms with van der Waals surface area (Å²) in [5.74, 6) is 2.23. The summed E-state index contributed by atoms with van der Waals surface area (Å²) in [6.07, 6.45) is 9.63. The maximum absolute atomic E-state index is 5.63. The molecule has 0 aromatic rings. The summed E-state index contributed by atoms with van der Waals surface area (Å²) in [6, 6.07) is 0. The lowest BCUT2D eigenvalue weighted by Crippen LogP contribution is -1.93. The first-order valence-electron chi connectivity index (χ1n) is 5.45. The molecule has 0 radical (unpaired) electrons. The third-order valence-electron chi connectivity index (χ3n) is 2.31. The largest absolute Gasteiger partial charge is 0.127 e. The van der Waals surface area contributed by atoms with Crippen LogP contribution in [-0.2, 0) is 0 Å². The minimum absolute atomic E-state index is 0.693.